The summed E-state index contributed by atoms with van der Waals surface area (Å²) < 4.78 is 0. The molecule has 1 aliphatic heterocycles. The van der Waals surface area contributed by atoms with Crippen LogP contribution in [-0.2, 0) is 0 Å². The first-order valence-electron chi connectivity index (χ1n) is 8.51. The van der Waals surface area contributed by atoms with Gasteiger partial charge in [0, 0.05) is 25.7 Å². The second kappa shape index (κ2) is 8.50. The molecule has 1 unspecified atom stereocenters. The van der Waals surface area contributed by atoms with E-state index in [2.05, 4.69) is 22.5 Å². The Morgan fingerprint density at radius 3 is 2.55 bits per heavy atom. The maximum atomic E-state index is 11.9. The van der Waals surface area contributed by atoms with Gasteiger partial charge in [-0.1, -0.05) is 32.6 Å². The van der Waals surface area contributed by atoms with Crippen molar-refractivity contribution in [2.24, 2.45) is 5.92 Å². The summed E-state index contributed by atoms with van der Waals surface area (Å²) in [6.07, 6.45) is 10.1. The van der Waals surface area contributed by atoms with Crippen LogP contribution in [0.3, 0.4) is 0 Å². The Morgan fingerprint density at radius 1 is 1.10 bits per heavy atom. The normalized spacial score (nSPS) is 25.9. The zero-order chi connectivity index (χ0) is 14.2. The highest BCUT2D eigenvalue weighted by Crippen LogP contribution is 2.17. The van der Waals surface area contributed by atoms with Crippen molar-refractivity contribution < 1.29 is 4.79 Å². The monoisotopic (exact) mass is 281 g/mol. The van der Waals surface area contributed by atoms with E-state index in [1.54, 1.807) is 0 Å². The van der Waals surface area contributed by atoms with Crippen LogP contribution in [0.5, 0.6) is 0 Å². The van der Waals surface area contributed by atoms with E-state index in [-0.39, 0.29) is 6.03 Å². The summed E-state index contributed by atoms with van der Waals surface area (Å²) in [4.78, 5) is 14.4. The first kappa shape index (κ1) is 15.6. The smallest absolute Gasteiger partial charge is 0.315 e. The van der Waals surface area contributed by atoms with Crippen molar-refractivity contribution in [3.8, 4) is 0 Å². The van der Waals surface area contributed by atoms with Gasteiger partial charge in [-0.2, -0.15) is 0 Å². The lowest BCUT2D eigenvalue weighted by molar-refractivity contribution is 0.183. The topological polar surface area (TPSA) is 44.4 Å². The zero-order valence-corrected chi connectivity index (χ0v) is 13.0. The molecule has 20 heavy (non-hydrogen) atoms. The molecule has 0 aromatic carbocycles. The zero-order valence-electron chi connectivity index (χ0n) is 13.0. The summed E-state index contributed by atoms with van der Waals surface area (Å²) in [5, 5.41) is 6.16. The van der Waals surface area contributed by atoms with Gasteiger partial charge in [-0.15, -0.1) is 0 Å². The Labute approximate surface area is 123 Å². The maximum absolute atomic E-state index is 11.9. The number of likely N-dealkylation sites (tertiary alicyclic amines) is 1. The van der Waals surface area contributed by atoms with E-state index in [1.165, 1.54) is 51.6 Å². The van der Waals surface area contributed by atoms with Crippen LogP contribution in [0.25, 0.3) is 0 Å². The molecule has 2 fully saturated rings. The van der Waals surface area contributed by atoms with Gasteiger partial charge < -0.3 is 15.5 Å². The number of urea groups is 1. The Morgan fingerprint density at radius 2 is 1.85 bits per heavy atom. The van der Waals surface area contributed by atoms with Gasteiger partial charge in [0.15, 0.2) is 0 Å². The number of hydrogen-bond acceptors (Lipinski definition) is 2. The molecule has 2 amide bonds. The molecule has 0 aromatic heterocycles. The predicted octanol–water partition coefficient (Wildman–Crippen LogP) is 2.74. The Balaban J connectivity index is 1.57. The van der Waals surface area contributed by atoms with Crippen LogP contribution in [0.15, 0.2) is 0 Å². The molecule has 0 aromatic rings. The number of carbonyl (C=O) groups is 1. The molecule has 0 spiro atoms. The standard InChI is InChI=1S/C16H31N3O/c1-14-7-6-11-19(13-14)12-10-17-16(20)18-15-8-4-2-3-5-9-15/h14-15H,2-13H2,1H3,(H2,17,18,20). The molecular weight excluding hydrogens is 250 g/mol. The SMILES string of the molecule is CC1CCCN(CCNC(=O)NC2CCCCCC2)C1. The van der Waals surface area contributed by atoms with E-state index in [9.17, 15) is 4.79 Å². The fourth-order valence-corrected chi connectivity index (χ4v) is 3.48. The van der Waals surface area contributed by atoms with Crippen LogP contribution in [0.4, 0.5) is 4.79 Å². The van der Waals surface area contributed by atoms with Crippen LogP contribution < -0.4 is 10.6 Å². The number of carbonyl (C=O) groups excluding carboxylic acids is 1. The Bertz CT molecular complexity index is 287. The summed E-state index contributed by atoms with van der Waals surface area (Å²) in [6, 6.07) is 0.425. The van der Waals surface area contributed by atoms with Gasteiger partial charge in [0.1, 0.15) is 0 Å². The fraction of sp³-hybridized carbons (Fsp3) is 0.938. The van der Waals surface area contributed by atoms with Crippen molar-refractivity contribution in [3.63, 3.8) is 0 Å². The molecule has 1 aliphatic carbocycles. The van der Waals surface area contributed by atoms with Crippen molar-refractivity contribution in [2.45, 2.75) is 64.3 Å². The van der Waals surface area contributed by atoms with Crippen molar-refractivity contribution in [3.05, 3.63) is 0 Å². The molecule has 0 radical (unpaired) electrons. The minimum atomic E-state index is 0.0296. The highest BCUT2D eigenvalue weighted by atomic mass is 16.2. The summed E-state index contributed by atoms with van der Waals surface area (Å²) in [5.41, 5.74) is 0. The number of rotatable bonds is 4. The van der Waals surface area contributed by atoms with Crippen molar-refractivity contribution >= 4 is 6.03 Å². The second-order valence-corrected chi connectivity index (χ2v) is 6.64. The summed E-state index contributed by atoms with van der Waals surface area (Å²) in [6.45, 7) is 6.45. The number of hydrogen-bond donors (Lipinski definition) is 2. The third-order valence-corrected chi connectivity index (χ3v) is 4.65. The lowest BCUT2D eigenvalue weighted by Crippen LogP contribution is -2.45. The molecule has 1 saturated carbocycles. The van der Waals surface area contributed by atoms with E-state index in [1.807, 2.05) is 0 Å². The largest absolute Gasteiger partial charge is 0.337 e. The van der Waals surface area contributed by atoms with Crippen LogP contribution >= 0.6 is 0 Å². The van der Waals surface area contributed by atoms with Gasteiger partial charge in [0.25, 0.3) is 0 Å². The average molecular weight is 281 g/mol. The number of nitrogens with zero attached hydrogens (tertiary/aromatic N) is 1. The van der Waals surface area contributed by atoms with Crippen molar-refractivity contribution in [1.29, 1.82) is 0 Å². The second-order valence-electron chi connectivity index (χ2n) is 6.64. The number of nitrogens with one attached hydrogen (secondary N) is 2. The van der Waals surface area contributed by atoms with Crippen LogP contribution in [0, 0.1) is 5.92 Å². The molecule has 116 valence electrons. The Kier molecular flexibility index (Phi) is 6.64. The molecule has 4 nitrogen and oxygen atoms in total. The molecule has 1 saturated heterocycles. The van der Waals surface area contributed by atoms with Crippen LogP contribution in [0.2, 0.25) is 0 Å². The molecule has 1 atom stereocenters. The first-order valence-corrected chi connectivity index (χ1v) is 8.51. The van der Waals surface area contributed by atoms with E-state index < -0.39 is 0 Å². The van der Waals surface area contributed by atoms with Crippen LogP contribution in [0.1, 0.15) is 58.3 Å². The summed E-state index contributed by atoms with van der Waals surface area (Å²) >= 11 is 0. The average Bonchev–Trinajstić information content (AvgIpc) is 2.67. The quantitative estimate of drug-likeness (QED) is 0.778. The molecule has 1 heterocycles. The summed E-state index contributed by atoms with van der Waals surface area (Å²) in [5.74, 6) is 0.809. The lowest BCUT2D eigenvalue weighted by atomic mass is 10.0. The number of amides is 2. The van der Waals surface area contributed by atoms with Gasteiger partial charge in [-0.05, 0) is 38.1 Å². The van der Waals surface area contributed by atoms with E-state index in [0.29, 0.717) is 6.04 Å². The van der Waals surface area contributed by atoms with Gasteiger partial charge in [0.2, 0.25) is 0 Å². The third kappa shape index (κ3) is 5.70. The van der Waals surface area contributed by atoms with Crippen LogP contribution in [-0.4, -0.2) is 43.2 Å². The van der Waals surface area contributed by atoms with Gasteiger partial charge in [-0.3, -0.25) is 0 Å². The van der Waals surface area contributed by atoms with Gasteiger partial charge in [0.05, 0.1) is 0 Å². The summed E-state index contributed by atoms with van der Waals surface area (Å²) in [7, 11) is 0. The third-order valence-electron chi connectivity index (χ3n) is 4.65. The lowest BCUT2D eigenvalue weighted by Gasteiger charge is -2.30. The minimum absolute atomic E-state index is 0.0296. The van der Waals surface area contributed by atoms with E-state index in [4.69, 9.17) is 0 Å². The molecule has 2 N–H and O–H groups in total. The van der Waals surface area contributed by atoms with E-state index >= 15 is 0 Å². The first-order chi connectivity index (χ1) is 9.74. The minimum Gasteiger partial charge on any atom is -0.337 e. The molecule has 0 bridgehead atoms. The maximum Gasteiger partial charge on any atom is 0.315 e. The Hall–Kier alpha value is -0.770. The molecule has 4 heteroatoms. The highest BCUT2D eigenvalue weighted by Gasteiger charge is 2.17. The highest BCUT2D eigenvalue weighted by molar-refractivity contribution is 5.74. The van der Waals surface area contributed by atoms with Gasteiger partial charge >= 0.3 is 6.03 Å². The molecular formula is C16H31N3O. The van der Waals surface area contributed by atoms with E-state index in [0.717, 1.165) is 31.8 Å². The molecule has 2 aliphatic rings. The fourth-order valence-electron chi connectivity index (χ4n) is 3.48. The van der Waals surface area contributed by atoms with Gasteiger partial charge in [-0.25, -0.2) is 4.79 Å². The van der Waals surface area contributed by atoms with Crippen molar-refractivity contribution in [1.82, 2.24) is 15.5 Å². The molecule has 2 rings (SSSR count). The predicted molar refractivity (Wildman–Crippen MR) is 82.9 cm³/mol. The number of piperidine rings is 1. The van der Waals surface area contributed by atoms with Crippen molar-refractivity contribution in [2.75, 3.05) is 26.2 Å².